The lowest BCUT2D eigenvalue weighted by Gasteiger charge is -2.05. The van der Waals surface area contributed by atoms with Crippen LogP contribution in [-0.4, -0.2) is 10.1 Å². The number of nitrogens with zero attached hydrogens (tertiary/aromatic N) is 2. The first-order chi connectivity index (χ1) is 9.06. The summed E-state index contributed by atoms with van der Waals surface area (Å²) in [5.74, 6) is 0.707. The van der Waals surface area contributed by atoms with E-state index in [0.717, 1.165) is 5.69 Å². The number of aromatic nitrogens is 1. The highest BCUT2D eigenvalue weighted by molar-refractivity contribution is 6.31. The Morgan fingerprint density at radius 3 is 2.84 bits per heavy atom. The molecule has 1 aromatic carbocycles. The van der Waals surface area contributed by atoms with Gasteiger partial charge in [-0.1, -0.05) is 16.8 Å². The number of nitro groups is 1. The molecule has 100 valence electrons. The summed E-state index contributed by atoms with van der Waals surface area (Å²) in [5, 5.41) is 18.0. The SMILES string of the molecule is Cc1cc(CNCc2cc([N+](=O)[O-])ccc2Cl)on1. The van der Waals surface area contributed by atoms with Crippen LogP contribution >= 0.6 is 11.6 Å². The van der Waals surface area contributed by atoms with Crippen molar-refractivity contribution < 1.29 is 9.45 Å². The lowest BCUT2D eigenvalue weighted by molar-refractivity contribution is -0.384. The average Bonchev–Trinajstić information content (AvgIpc) is 2.77. The molecule has 1 heterocycles. The molecule has 2 rings (SSSR count). The van der Waals surface area contributed by atoms with E-state index in [9.17, 15) is 10.1 Å². The molecule has 0 aliphatic heterocycles. The molecule has 0 amide bonds. The monoisotopic (exact) mass is 281 g/mol. The highest BCUT2D eigenvalue weighted by atomic mass is 35.5. The largest absolute Gasteiger partial charge is 0.360 e. The second-order valence-corrected chi connectivity index (χ2v) is 4.48. The van der Waals surface area contributed by atoms with E-state index in [1.165, 1.54) is 18.2 Å². The van der Waals surface area contributed by atoms with E-state index < -0.39 is 4.92 Å². The third kappa shape index (κ3) is 3.52. The summed E-state index contributed by atoms with van der Waals surface area (Å²) >= 11 is 5.99. The summed E-state index contributed by atoms with van der Waals surface area (Å²) in [7, 11) is 0. The van der Waals surface area contributed by atoms with Crippen LogP contribution in [0, 0.1) is 17.0 Å². The van der Waals surface area contributed by atoms with Gasteiger partial charge in [-0.25, -0.2) is 0 Å². The van der Waals surface area contributed by atoms with Crippen LogP contribution in [0.1, 0.15) is 17.0 Å². The Hall–Kier alpha value is -1.92. The van der Waals surface area contributed by atoms with Crippen LogP contribution in [0.5, 0.6) is 0 Å². The highest BCUT2D eigenvalue weighted by Crippen LogP contribution is 2.21. The van der Waals surface area contributed by atoms with Crippen molar-refractivity contribution in [3.63, 3.8) is 0 Å². The molecule has 0 atom stereocenters. The molecule has 2 aromatic rings. The zero-order valence-corrected chi connectivity index (χ0v) is 11.0. The van der Waals surface area contributed by atoms with Gasteiger partial charge in [-0.3, -0.25) is 10.1 Å². The minimum Gasteiger partial charge on any atom is -0.360 e. The topological polar surface area (TPSA) is 81.2 Å². The minimum absolute atomic E-state index is 0.0247. The van der Waals surface area contributed by atoms with Crippen molar-refractivity contribution in [3.05, 3.63) is 56.4 Å². The maximum Gasteiger partial charge on any atom is 0.269 e. The molecule has 0 saturated heterocycles. The third-order valence-corrected chi connectivity index (χ3v) is 2.90. The molecule has 0 radical (unpaired) electrons. The predicted molar refractivity (Wildman–Crippen MR) is 69.9 cm³/mol. The van der Waals surface area contributed by atoms with Gasteiger partial charge in [-0.2, -0.15) is 0 Å². The second kappa shape index (κ2) is 5.81. The first-order valence-corrected chi connectivity index (χ1v) is 6.00. The minimum atomic E-state index is -0.445. The lowest BCUT2D eigenvalue weighted by Crippen LogP contribution is -2.12. The van der Waals surface area contributed by atoms with Crippen LogP contribution in [0.25, 0.3) is 0 Å². The van der Waals surface area contributed by atoms with E-state index in [0.29, 0.717) is 29.4 Å². The van der Waals surface area contributed by atoms with Gasteiger partial charge in [-0.15, -0.1) is 0 Å². The van der Waals surface area contributed by atoms with Crippen molar-refractivity contribution in [2.75, 3.05) is 0 Å². The molecule has 6 nitrogen and oxygen atoms in total. The van der Waals surface area contributed by atoms with Crippen LogP contribution in [0.3, 0.4) is 0 Å². The van der Waals surface area contributed by atoms with Crippen molar-refractivity contribution in [2.45, 2.75) is 20.0 Å². The van der Waals surface area contributed by atoms with E-state index in [4.69, 9.17) is 16.1 Å². The Morgan fingerprint density at radius 2 is 2.21 bits per heavy atom. The molecule has 0 aliphatic carbocycles. The summed E-state index contributed by atoms with van der Waals surface area (Å²) in [6, 6.07) is 6.18. The van der Waals surface area contributed by atoms with Crippen molar-refractivity contribution in [1.82, 2.24) is 10.5 Å². The highest BCUT2D eigenvalue weighted by Gasteiger charge is 2.09. The van der Waals surface area contributed by atoms with Gasteiger partial charge in [-0.05, 0) is 18.6 Å². The number of nitro benzene ring substituents is 1. The number of rotatable bonds is 5. The van der Waals surface area contributed by atoms with Gasteiger partial charge in [0, 0.05) is 29.8 Å². The van der Waals surface area contributed by atoms with Gasteiger partial charge in [0.25, 0.3) is 5.69 Å². The summed E-state index contributed by atoms with van der Waals surface area (Å²) in [6.45, 7) is 2.74. The summed E-state index contributed by atoms with van der Waals surface area (Å²) in [5.41, 5.74) is 1.51. The first kappa shape index (κ1) is 13.5. The number of aryl methyl sites for hydroxylation is 1. The molecule has 0 fully saturated rings. The van der Waals surface area contributed by atoms with Crippen LogP contribution in [0.2, 0.25) is 5.02 Å². The van der Waals surface area contributed by atoms with Crippen LogP contribution in [0.4, 0.5) is 5.69 Å². The van der Waals surface area contributed by atoms with Crippen molar-refractivity contribution in [1.29, 1.82) is 0 Å². The molecule has 7 heteroatoms. The molecule has 1 aromatic heterocycles. The van der Waals surface area contributed by atoms with Gasteiger partial charge in [0.1, 0.15) is 0 Å². The van der Waals surface area contributed by atoms with Crippen molar-refractivity contribution in [2.24, 2.45) is 0 Å². The number of benzene rings is 1. The first-order valence-electron chi connectivity index (χ1n) is 5.62. The van der Waals surface area contributed by atoms with Crippen molar-refractivity contribution in [3.8, 4) is 0 Å². The Balaban J connectivity index is 1.99. The molecule has 0 bridgehead atoms. The number of nitrogens with one attached hydrogen (secondary N) is 1. The summed E-state index contributed by atoms with van der Waals surface area (Å²) in [4.78, 5) is 10.2. The number of hydrogen-bond acceptors (Lipinski definition) is 5. The van der Waals surface area contributed by atoms with E-state index in [-0.39, 0.29) is 5.69 Å². The average molecular weight is 282 g/mol. The van der Waals surface area contributed by atoms with Gasteiger partial charge in [0.05, 0.1) is 17.2 Å². The van der Waals surface area contributed by atoms with Gasteiger partial charge in [0.15, 0.2) is 5.76 Å². The molecule has 0 aliphatic rings. The zero-order chi connectivity index (χ0) is 13.8. The fourth-order valence-electron chi connectivity index (χ4n) is 1.63. The second-order valence-electron chi connectivity index (χ2n) is 4.07. The zero-order valence-electron chi connectivity index (χ0n) is 10.2. The fourth-order valence-corrected chi connectivity index (χ4v) is 1.81. The van der Waals surface area contributed by atoms with Crippen LogP contribution in [-0.2, 0) is 13.1 Å². The Bertz CT molecular complexity index is 598. The maximum absolute atomic E-state index is 10.7. The molecule has 0 saturated carbocycles. The van der Waals surface area contributed by atoms with E-state index in [1.54, 1.807) is 0 Å². The number of halogens is 1. The predicted octanol–water partition coefficient (Wildman–Crippen LogP) is 2.83. The summed E-state index contributed by atoms with van der Waals surface area (Å²) < 4.78 is 5.04. The number of hydrogen-bond donors (Lipinski definition) is 1. The quantitative estimate of drug-likeness (QED) is 0.673. The molecule has 0 unspecified atom stereocenters. The molecular formula is C12H12ClN3O3. The Kier molecular flexibility index (Phi) is 4.13. The van der Waals surface area contributed by atoms with Gasteiger partial charge in [0.2, 0.25) is 0 Å². The van der Waals surface area contributed by atoms with Crippen LogP contribution in [0.15, 0.2) is 28.8 Å². The van der Waals surface area contributed by atoms with Crippen LogP contribution < -0.4 is 5.32 Å². The normalized spacial score (nSPS) is 10.6. The third-order valence-electron chi connectivity index (χ3n) is 2.53. The Morgan fingerprint density at radius 1 is 1.42 bits per heavy atom. The Labute approximate surface area is 114 Å². The van der Waals surface area contributed by atoms with Crippen molar-refractivity contribution >= 4 is 17.3 Å². The van der Waals surface area contributed by atoms with E-state index >= 15 is 0 Å². The lowest BCUT2D eigenvalue weighted by atomic mass is 10.2. The fraction of sp³-hybridized carbons (Fsp3) is 0.250. The smallest absolute Gasteiger partial charge is 0.269 e. The summed E-state index contributed by atoms with van der Waals surface area (Å²) in [6.07, 6.45) is 0. The molecular weight excluding hydrogens is 270 g/mol. The number of non-ortho nitro benzene ring substituents is 1. The maximum atomic E-state index is 10.7. The van der Waals surface area contributed by atoms with Gasteiger partial charge < -0.3 is 9.84 Å². The van der Waals surface area contributed by atoms with Gasteiger partial charge >= 0.3 is 0 Å². The van der Waals surface area contributed by atoms with E-state index in [2.05, 4.69) is 10.5 Å². The van der Waals surface area contributed by atoms with E-state index in [1.807, 2.05) is 13.0 Å². The molecule has 19 heavy (non-hydrogen) atoms. The standard InChI is InChI=1S/C12H12ClN3O3/c1-8-4-11(19-15-8)7-14-6-9-5-10(16(17)18)2-3-12(9)13/h2-5,14H,6-7H2,1H3. The molecule has 0 spiro atoms. The molecule has 1 N–H and O–H groups in total.